The van der Waals surface area contributed by atoms with Crippen LogP contribution in [0.5, 0.6) is 17.2 Å². The number of hydrogen-bond donors (Lipinski definition) is 0. The molecular weight excluding hydrogens is 520 g/mol. The first-order chi connectivity index (χ1) is 16.9. The molecule has 1 aliphatic rings. The molecule has 0 amide bonds. The average Bonchev–Trinajstić information content (AvgIpc) is 3.31. The SMILES string of the molecule is Cc1nc2ccc(Br)cc2c(=O)n1N=Cc1ccc(OCc2ccc3c(c2)OCO3)c([N+](=O)[O-])c1. The molecule has 3 aromatic carbocycles. The Balaban J connectivity index is 1.40. The van der Waals surface area contributed by atoms with E-state index in [2.05, 4.69) is 26.0 Å². The van der Waals surface area contributed by atoms with E-state index in [9.17, 15) is 14.9 Å². The van der Waals surface area contributed by atoms with Gasteiger partial charge in [0.05, 0.1) is 22.0 Å². The molecule has 0 fully saturated rings. The number of aryl methyl sites for hydroxylation is 1. The molecule has 35 heavy (non-hydrogen) atoms. The number of aromatic nitrogens is 2. The molecular formula is C24H17BrN4O6. The van der Waals surface area contributed by atoms with Crippen LogP contribution in [0.3, 0.4) is 0 Å². The second kappa shape index (κ2) is 9.18. The molecule has 0 aliphatic carbocycles. The number of halogens is 1. The predicted octanol–water partition coefficient (Wildman–Crippen LogP) is 4.57. The molecule has 0 saturated carbocycles. The molecule has 10 nitrogen and oxygen atoms in total. The Bertz CT molecular complexity index is 1570. The standard InChI is InChI=1S/C24H17BrN4O6/c1-14-27-19-5-4-17(25)10-18(19)24(30)28(14)26-11-15-2-6-21(20(8-15)29(31)32)33-12-16-3-7-22-23(9-16)35-13-34-22/h2-11H,12-13H2,1H3. The summed E-state index contributed by atoms with van der Waals surface area (Å²) in [4.78, 5) is 28.4. The van der Waals surface area contributed by atoms with Gasteiger partial charge in [-0.25, -0.2) is 4.98 Å². The van der Waals surface area contributed by atoms with Crippen LogP contribution in [-0.4, -0.2) is 27.6 Å². The van der Waals surface area contributed by atoms with E-state index >= 15 is 0 Å². The van der Waals surface area contributed by atoms with E-state index in [1.807, 2.05) is 0 Å². The first-order valence-electron chi connectivity index (χ1n) is 10.4. The van der Waals surface area contributed by atoms with Gasteiger partial charge in [-0.3, -0.25) is 14.9 Å². The number of ether oxygens (including phenoxy) is 3. The van der Waals surface area contributed by atoms with Gasteiger partial charge in [0.15, 0.2) is 17.2 Å². The van der Waals surface area contributed by atoms with Crippen molar-refractivity contribution in [1.29, 1.82) is 0 Å². The van der Waals surface area contributed by atoms with Crippen LogP contribution in [0.15, 0.2) is 69.0 Å². The van der Waals surface area contributed by atoms with Gasteiger partial charge in [-0.05, 0) is 55.0 Å². The van der Waals surface area contributed by atoms with Crippen molar-refractivity contribution in [3.63, 3.8) is 0 Å². The Morgan fingerprint density at radius 3 is 2.83 bits per heavy atom. The Labute approximate surface area is 206 Å². The molecule has 11 heteroatoms. The van der Waals surface area contributed by atoms with Gasteiger partial charge < -0.3 is 14.2 Å². The molecule has 1 aliphatic heterocycles. The van der Waals surface area contributed by atoms with E-state index in [4.69, 9.17) is 14.2 Å². The van der Waals surface area contributed by atoms with E-state index < -0.39 is 4.92 Å². The maximum Gasteiger partial charge on any atom is 0.311 e. The normalized spacial score (nSPS) is 12.4. The zero-order valence-corrected chi connectivity index (χ0v) is 19.9. The van der Waals surface area contributed by atoms with Gasteiger partial charge in [-0.15, -0.1) is 0 Å². The fraction of sp³-hybridized carbons (Fsp3) is 0.125. The number of nitro groups is 1. The largest absolute Gasteiger partial charge is 0.482 e. The van der Waals surface area contributed by atoms with Crippen molar-refractivity contribution in [2.75, 3.05) is 6.79 Å². The molecule has 0 N–H and O–H groups in total. The quantitative estimate of drug-likeness (QED) is 0.201. The minimum Gasteiger partial charge on any atom is -0.482 e. The Morgan fingerprint density at radius 1 is 1.17 bits per heavy atom. The van der Waals surface area contributed by atoms with Crippen LogP contribution in [0.1, 0.15) is 17.0 Å². The number of nitrogens with zero attached hydrogens (tertiary/aromatic N) is 4. The van der Waals surface area contributed by atoms with Crippen LogP contribution in [-0.2, 0) is 6.61 Å². The highest BCUT2D eigenvalue weighted by Crippen LogP contribution is 2.33. The van der Waals surface area contributed by atoms with Crippen LogP contribution in [0.4, 0.5) is 5.69 Å². The maximum absolute atomic E-state index is 12.9. The summed E-state index contributed by atoms with van der Waals surface area (Å²) in [5.41, 5.74) is 1.19. The van der Waals surface area contributed by atoms with Crippen LogP contribution in [0.25, 0.3) is 10.9 Å². The first kappa shape index (κ1) is 22.5. The zero-order chi connectivity index (χ0) is 24.5. The fourth-order valence-corrected chi connectivity index (χ4v) is 3.95. The van der Waals surface area contributed by atoms with Gasteiger partial charge >= 0.3 is 5.69 Å². The van der Waals surface area contributed by atoms with Crippen molar-refractivity contribution >= 4 is 38.7 Å². The van der Waals surface area contributed by atoms with Gasteiger partial charge in [0.2, 0.25) is 6.79 Å². The molecule has 176 valence electrons. The average molecular weight is 537 g/mol. The molecule has 0 bridgehead atoms. The summed E-state index contributed by atoms with van der Waals surface area (Å²) in [5, 5.41) is 16.3. The summed E-state index contributed by atoms with van der Waals surface area (Å²) in [6, 6.07) is 15.0. The third-order valence-corrected chi connectivity index (χ3v) is 5.80. The topological polar surface area (TPSA) is 118 Å². The van der Waals surface area contributed by atoms with E-state index in [0.717, 1.165) is 14.7 Å². The van der Waals surface area contributed by atoms with Crippen LogP contribution < -0.4 is 19.8 Å². The highest BCUT2D eigenvalue weighted by atomic mass is 79.9. The summed E-state index contributed by atoms with van der Waals surface area (Å²) in [7, 11) is 0. The van der Waals surface area contributed by atoms with Crippen molar-refractivity contribution in [2.45, 2.75) is 13.5 Å². The lowest BCUT2D eigenvalue weighted by molar-refractivity contribution is -0.385. The van der Waals surface area contributed by atoms with Crippen LogP contribution in [0, 0.1) is 17.0 Å². The maximum atomic E-state index is 12.9. The van der Waals surface area contributed by atoms with Crippen molar-refractivity contribution in [3.05, 3.63) is 96.5 Å². The summed E-state index contributed by atoms with van der Waals surface area (Å²) in [5.74, 6) is 1.75. The molecule has 0 saturated heterocycles. The van der Waals surface area contributed by atoms with Crippen molar-refractivity contribution in [2.24, 2.45) is 5.10 Å². The number of fused-ring (bicyclic) bond motifs is 2. The molecule has 1 aromatic heterocycles. The van der Waals surface area contributed by atoms with Gasteiger partial charge in [-0.1, -0.05) is 22.0 Å². The molecule has 0 spiro atoms. The third kappa shape index (κ3) is 4.58. The van der Waals surface area contributed by atoms with Gasteiger partial charge in [0, 0.05) is 16.1 Å². The Morgan fingerprint density at radius 2 is 2.00 bits per heavy atom. The van der Waals surface area contributed by atoms with Crippen molar-refractivity contribution < 1.29 is 19.1 Å². The zero-order valence-electron chi connectivity index (χ0n) is 18.3. The number of nitro benzene ring substituents is 1. The molecule has 0 radical (unpaired) electrons. The van der Waals surface area contributed by atoms with Gasteiger partial charge in [0.25, 0.3) is 5.56 Å². The predicted molar refractivity (Wildman–Crippen MR) is 131 cm³/mol. The minimum atomic E-state index is -0.529. The van der Waals surface area contributed by atoms with E-state index in [0.29, 0.717) is 33.8 Å². The van der Waals surface area contributed by atoms with Crippen molar-refractivity contribution in [3.8, 4) is 17.2 Å². The van der Waals surface area contributed by atoms with E-state index in [1.165, 1.54) is 18.3 Å². The van der Waals surface area contributed by atoms with Gasteiger partial charge in [-0.2, -0.15) is 9.78 Å². The molecule has 5 rings (SSSR count). The third-order valence-electron chi connectivity index (χ3n) is 5.30. The minimum absolute atomic E-state index is 0.107. The number of rotatable bonds is 6. The summed E-state index contributed by atoms with van der Waals surface area (Å²) >= 11 is 3.35. The molecule has 4 aromatic rings. The lowest BCUT2D eigenvalue weighted by Gasteiger charge is -2.08. The highest BCUT2D eigenvalue weighted by molar-refractivity contribution is 9.10. The number of benzene rings is 3. The summed E-state index contributed by atoms with van der Waals surface area (Å²) in [6.07, 6.45) is 1.37. The molecule has 2 heterocycles. The second-order valence-corrected chi connectivity index (χ2v) is 8.56. The first-order valence-corrected chi connectivity index (χ1v) is 11.2. The fourth-order valence-electron chi connectivity index (χ4n) is 3.59. The van der Waals surface area contributed by atoms with Gasteiger partial charge in [0.1, 0.15) is 12.4 Å². The lowest BCUT2D eigenvalue weighted by atomic mass is 10.2. The van der Waals surface area contributed by atoms with Crippen LogP contribution >= 0.6 is 15.9 Å². The van der Waals surface area contributed by atoms with Crippen LogP contribution in [0.2, 0.25) is 0 Å². The molecule has 0 unspecified atom stereocenters. The summed E-state index contributed by atoms with van der Waals surface area (Å²) in [6.45, 7) is 1.93. The highest BCUT2D eigenvalue weighted by Gasteiger charge is 2.18. The monoisotopic (exact) mass is 536 g/mol. The van der Waals surface area contributed by atoms with E-state index in [1.54, 1.807) is 49.4 Å². The van der Waals surface area contributed by atoms with Crippen molar-refractivity contribution in [1.82, 2.24) is 9.66 Å². The molecule has 0 atom stereocenters. The Hall–Kier alpha value is -4.25. The second-order valence-electron chi connectivity index (χ2n) is 7.64. The smallest absolute Gasteiger partial charge is 0.311 e. The van der Waals surface area contributed by atoms with E-state index in [-0.39, 0.29) is 30.4 Å². The lowest BCUT2D eigenvalue weighted by Crippen LogP contribution is -2.20. The Kier molecular flexibility index (Phi) is 5.91. The number of hydrogen-bond acceptors (Lipinski definition) is 8. The summed E-state index contributed by atoms with van der Waals surface area (Å²) < 4.78 is 18.2.